The highest BCUT2D eigenvalue weighted by Crippen LogP contribution is 2.23. The van der Waals surface area contributed by atoms with Crippen molar-refractivity contribution in [3.05, 3.63) is 63.7 Å². The molecule has 2 aromatic rings. The molecule has 1 fully saturated rings. The van der Waals surface area contributed by atoms with Crippen molar-refractivity contribution in [2.75, 3.05) is 26.2 Å². The Bertz CT molecular complexity index is 1160. The van der Waals surface area contributed by atoms with Crippen LogP contribution in [0.25, 0.3) is 29.0 Å². The second-order valence-electron chi connectivity index (χ2n) is 7.95. The average molecular weight is 387 g/mol. The fourth-order valence-corrected chi connectivity index (χ4v) is 4.51. The van der Waals surface area contributed by atoms with E-state index in [0.29, 0.717) is 13.1 Å². The Hall–Kier alpha value is -2.89. The Morgan fingerprint density at radius 3 is 2.90 bits per heavy atom. The second-order valence-corrected chi connectivity index (χ2v) is 7.95. The van der Waals surface area contributed by atoms with Crippen molar-refractivity contribution >= 4 is 35.0 Å². The normalized spacial score (nSPS) is 19.9. The van der Waals surface area contributed by atoms with E-state index in [-0.39, 0.29) is 12.1 Å². The number of urea groups is 1. The van der Waals surface area contributed by atoms with Crippen LogP contribution in [-0.2, 0) is 6.42 Å². The lowest BCUT2D eigenvalue weighted by Crippen LogP contribution is -2.40. The van der Waals surface area contributed by atoms with E-state index in [0.717, 1.165) is 36.8 Å². The number of carbonyl (C=O) groups excluding carboxylic acids is 1. The third kappa shape index (κ3) is 3.59. The van der Waals surface area contributed by atoms with Gasteiger partial charge >= 0.3 is 6.03 Å². The summed E-state index contributed by atoms with van der Waals surface area (Å²) >= 11 is 0. The fourth-order valence-electron chi connectivity index (χ4n) is 4.51. The number of rotatable bonds is 4. The minimum absolute atomic E-state index is 0.185. The Kier molecular flexibility index (Phi) is 4.70. The number of hydrogen-bond donors (Lipinski definition) is 3. The fraction of sp³-hybridized carbons (Fsp3) is 0.292. The molecule has 0 bridgehead atoms. The van der Waals surface area contributed by atoms with Crippen LogP contribution in [0.1, 0.15) is 17.5 Å². The van der Waals surface area contributed by atoms with Gasteiger partial charge in [-0.3, -0.25) is 4.90 Å². The summed E-state index contributed by atoms with van der Waals surface area (Å²) in [5.74, 6) is 0. The highest BCUT2D eigenvalue weighted by molar-refractivity contribution is 5.96. The number of β-amino-alcohol motifs (C(OH)–C–C–N with tert-alkyl or cyclic N) is 1. The molecule has 1 heterocycles. The van der Waals surface area contributed by atoms with Crippen molar-refractivity contribution in [3.8, 4) is 0 Å². The quantitative estimate of drug-likeness (QED) is 0.740. The molecule has 1 aliphatic heterocycles. The van der Waals surface area contributed by atoms with Crippen molar-refractivity contribution in [1.29, 1.82) is 0 Å². The van der Waals surface area contributed by atoms with Gasteiger partial charge in [0.05, 0.1) is 6.10 Å². The zero-order valence-electron chi connectivity index (χ0n) is 16.3. The number of aliphatic hydroxyl groups is 1. The first-order chi connectivity index (χ1) is 14.2. The first-order valence-electron chi connectivity index (χ1n) is 10.3. The third-order valence-corrected chi connectivity index (χ3v) is 6.02. The number of amides is 2. The molecular weight excluding hydrogens is 362 g/mol. The number of hydrogen-bond acceptors (Lipinski definition) is 3. The highest BCUT2D eigenvalue weighted by atomic mass is 16.3. The highest BCUT2D eigenvalue weighted by Gasteiger charge is 2.19. The molecule has 2 aliphatic carbocycles. The SMILES string of the molecule is O=C(NCCN1CC[C@@H](O)C1)NC1=CCc2c(ccc3c4c(ccc23)=CC=C4)=C1. The summed E-state index contributed by atoms with van der Waals surface area (Å²) in [6.07, 6.45) is 11.9. The standard InChI is InChI=1S/C24H25N3O2/c28-19-10-12-27(15-19)13-11-25-24(29)26-18-6-9-21-17(14-18)5-8-22-20-3-1-2-16(20)4-7-23(21)22/h1-8,14,19,28H,9-13,15H2,(H2,25,26,29)/t19-/m1/s1. The minimum Gasteiger partial charge on any atom is -0.392 e. The summed E-state index contributed by atoms with van der Waals surface area (Å²) in [6.45, 7) is 2.93. The predicted octanol–water partition coefficient (Wildman–Crippen LogP) is 1.23. The molecule has 0 unspecified atom stereocenters. The van der Waals surface area contributed by atoms with E-state index in [1.165, 1.54) is 27.1 Å². The van der Waals surface area contributed by atoms with Crippen molar-refractivity contribution in [1.82, 2.24) is 15.5 Å². The number of nitrogens with one attached hydrogen (secondary N) is 2. The van der Waals surface area contributed by atoms with Gasteiger partial charge in [0.15, 0.2) is 0 Å². The number of likely N-dealkylation sites (tertiary alicyclic amines) is 1. The summed E-state index contributed by atoms with van der Waals surface area (Å²) in [6, 6.07) is 8.53. The Morgan fingerprint density at radius 1 is 1.17 bits per heavy atom. The lowest BCUT2D eigenvalue weighted by Gasteiger charge is -2.17. The molecule has 29 heavy (non-hydrogen) atoms. The maximum atomic E-state index is 12.2. The van der Waals surface area contributed by atoms with Crippen LogP contribution < -0.4 is 21.1 Å². The Balaban J connectivity index is 1.26. The van der Waals surface area contributed by atoms with Gasteiger partial charge in [0.1, 0.15) is 0 Å². The number of allylic oxidation sites excluding steroid dienone is 3. The minimum atomic E-state index is -0.225. The number of carbonyl (C=O) groups is 1. The molecule has 2 aromatic carbocycles. The van der Waals surface area contributed by atoms with E-state index >= 15 is 0 Å². The molecular formula is C24H25N3O2. The molecule has 1 saturated heterocycles. The van der Waals surface area contributed by atoms with Gasteiger partial charge < -0.3 is 15.7 Å². The molecule has 0 aromatic heterocycles. The molecule has 3 aliphatic rings. The summed E-state index contributed by atoms with van der Waals surface area (Å²) in [7, 11) is 0. The van der Waals surface area contributed by atoms with Crippen molar-refractivity contribution < 1.29 is 9.90 Å². The van der Waals surface area contributed by atoms with Crippen LogP contribution in [0.15, 0.2) is 42.1 Å². The molecule has 0 spiro atoms. The smallest absolute Gasteiger partial charge is 0.319 e. The molecule has 5 nitrogen and oxygen atoms in total. The first kappa shape index (κ1) is 18.2. The van der Waals surface area contributed by atoms with Crippen LogP contribution >= 0.6 is 0 Å². The summed E-state index contributed by atoms with van der Waals surface area (Å²) in [5.41, 5.74) is 3.44. The Labute approximate surface area is 169 Å². The van der Waals surface area contributed by atoms with E-state index in [4.69, 9.17) is 0 Å². The second kappa shape index (κ2) is 7.50. The van der Waals surface area contributed by atoms with E-state index in [1.807, 2.05) is 6.08 Å². The average Bonchev–Trinajstić information content (AvgIpc) is 3.36. The third-order valence-electron chi connectivity index (χ3n) is 6.02. The van der Waals surface area contributed by atoms with Gasteiger partial charge in [-0.1, -0.05) is 48.6 Å². The molecule has 5 heteroatoms. The molecule has 5 rings (SSSR count). The summed E-state index contributed by atoms with van der Waals surface area (Å²) in [5, 5.41) is 20.4. The number of fused-ring (bicyclic) bond motifs is 5. The monoisotopic (exact) mass is 387 g/mol. The van der Waals surface area contributed by atoms with Crippen molar-refractivity contribution in [2.24, 2.45) is 0 Å². The van der Waals surface area contributed by atoms with Crippen LogP contribution in [0, 0.1) is 0 Å². The predicted molar refractivity (Wildman–Crippen MR) is 117 cm³/mol. The Morgan fingerprint density at radius 2 is 2.03 bits per heavy atom. The van der Waals surface area contributed by atoms with E-state index in [9.17, 15) is 9.90 Å². The number of aliphatic hydroxyl groups excluding tert-OH is 1. The van der Waals surface area contributed by atoms with Gasteiger partial charge in [-0.25, -0.2) is 4.79 Å². The number of nitrogens with zero attached hydrogens (tertiary/aromatic N) is 1. The maximum absolute atomic E-state index is 12.2. The van der Waals surface area contributed by atoms with Crippen LogP contribution in [0.4, 0.5) is 4.79 Å². The zero-order valence-corrected chi connectivity index (χ0v) is 16.3. The molecule has 1 atom stereocenters. The van der Waals surface area contributed by atoms with Gasteiger partial charge in [-0.2, -0.15) is 0 Å². The van der Waals surface area contributed by atoms with Crippen molar-refractivity contribution in [2.45, 2.75) is 18.9 Å². The van der Waals surface area contributed by atoms with E-state index in [1.54, 1.807) is 0 Å². The topological polar surface area (TPSA) is 64.6 Å². The maximum Gasteiger partial charge on any atom is 0.319 e. The summed E-state index contributed by atoms with van der Waals surface area (Å²) in [4.78, 5) is 14.4. The zero-order chi connectivity index (χ0) is 19.8. The van der Waals surface area contributed by atoms with Gasteiger partial charge in [0.25, 0.3) is 0 Å². The summed E-state index contributed by atoms with van der Waals surface area (Å²) < 4.78 is 0. The van der Waals surface area contributed by atoms with Crippen LogP contribution in [0.5, 0.6) is 0 Å². The molecule has 148 valence electrons. The molecule has 3 N–H and O–H groups in total. The van der Waals surface area contributed by atoms with Gasteiger partial charge in [-0.15, -0.1) is 0 Å². The first-order valence-corrected chi connectivity index (χ1v) is 10.3. The molecule has 0 radical (unpaired) electrons. The van der Waals surface area contributed by atoms with E-state index < -0.39 is 0 Å². The van der Waals surface area contributed by atoms with Gasteiger partial charge in [-0.05, 0) is 51.3 Å². The largest absolute Gasteiger partial charge is 0.392 e. The van der Waals surface area contributed by atoms with Crippen LogP contribution in [0.3, 0.4) is 0 Å². The van der Waals surface area contributed by atoms with E-state index in [2.05, 4.69) is 64.1 Å². The van der Waals surface area contributed by atoms with Gasteiger partial charge in [0, 0.05) is 31.9 Å². The molecule has 2 amide bonds. The van der Waals surface area contributed by atoms with Crippen molar-refractivity contribution in [3.63, 3.8) is 0 Å². The van der Waals surface area contributed by atoms with Crippen LogP contribution in [0.2, 0.25) is 0 Å². The lowest BCUT2D eigenvalue weighted by molar-refractivity contribution is 0.176. The van der Waals surface area contributed by atoms with Gasteiger partial charge in [0.2, 0.25) is 0 Å². The molecule has 0 saturated carbocycles. The van der Waals surface area contributed by atoms with Crippen LogP contribution in [-0.4, -0.2) is 48.3 Å². The lowest BCUT2D eigenvalue weighted by atomic mass is 9.93. The number of benzene rings is 2.